The van der Waals surface area contributed by atoms with E-state index in [4.69, 9.17) is 21.7 Å². The minimum Gasteiger partial charge on any atom is -0.493 e. The van der Waals surface area contributed by atoms with Crippen molar-refractivity contribution in [2.24, 2.45) is 0 Å². The van der Waals surface area contributed by atoms with Gasteiger partial charge in [0.1, 0.15) is 0 Å². The number of amides is 3. The number of rotatable bonds is 9. The molecule has 11 heteroatoms. The zero-order valence-electron chi connectivity index (χ0n) is 19.4. The van der Waals surface area contributed by atoms with E-state index in [9.17, 15) is 14.4 Å². The minimum absolute atomic E-state index is 0.129. The Labute approximate surface area is 221 Å². The monoisotopic (exact) mass is 577 g/mol. The molecule has 0 radical (unpaired) electrons. The number of nitrogens with zero attached hydrogens (tertiary/aromatic N) is 2. The second-order valence-corrected chi connectivity index (χ2v) is 9.74. The number of thioether (sulfide) groups is 1. The number of hydrogen-bond acceptors (Lipinski definition) is 7. The quantitative estimate of drug-likeness (QED) is 0.352. The molecule has 184 valence electrons. The lowest BCUT2D eigenvalue weighted by atomic mass is 10.2. The highest BCUT2D eigenvalue weighted by atomic mass is 79.9. The highest BCUT2D eigenvalue weighted by Crippen LogP contribution is 2.39. The normalized spacial score (nSPS) is 14.3. The number of hydrogen-bond donors (Lipinski definition) is 1. The predicted molar refractivity (Wildman–Crippen MR) is 143 cm³/mol. The van der Waals surface area contributed by atoms with Gasteiger partial charge in [0.25, 0.3) is 17.7 Å². The van der Waals surface area contributed by atoms with Gasteiger partial charge < -0.3 is 14.4 Å². The topological polar surface area (TPSA) is 88.2 Å². The first-order chi connectivity index (χ1) is 16.8. The summed E-state index contributed by atoms with van der Waals surface area (Å²) in [6.45, 7) is 4.88. The summed E-state index contributed by atoms with van der Waals surface area (Å²) in [7, 11) is 1.49. The number of hydrazine groups is 1. The van der Waals surface area contributed by atoms with Gasteiger partial charge in [0, 0.05) is 18.7 Å². The molecular weight excluding hydrogens is 554 g/mol. The molecule has 0 aromatic heterocycles. The third-order valence-corrected chi connectivity index (χ3v) is 6.94. The molecule has 2 aromatic carbocycles. The molecule has 3 amide bonds. The molecule has 0 bridgehead atoms. The number of benzene rings is 2. The first-order valence-corrected chi connectivity index (χ1v) is 12.7. The number of likely N-dealkylation sites (N-methyl/N-ethyl adjacent to an activating group) is 1. The molecule has 1 N–H and O–H groups in total. The summed E-state index contributed by atoms with van der Waals surface area (Å²) in [5.41, 5.74) is 3.61. The minimum atomic E-state index is -0.440. The smallest absolute Gasteiger partial charge is 0.285 e. The Hall–Kier alpha value is -2.89. The van der Waals surface area contributed by atoms with Crippen LogP contribution in [0.5, 0.6) is 11.5 Å². The molecule has 0 atom stereocenters. The van der Waals surface area contributed by atoms with Crippen LogP contribution in [0.25, 0.3) is 6.08 Å². The van der Waals surface area contributed by atoms with Crippen LogP contribution in [-0.2, 0) is 9.59 Å². The van der Waals surface area contributed by atoms with Crippen LogP contribution in [0.4, 0.5) is 0 Å². The number of methoxy groups -OCH3 is 1. The van der Waals surface area contributed by atoms with Crippen LogP contribution >= 0.6 is 39.9 Å². The van der Waals surface area contributed by atoms with E-state index < -0.39 is 11.8 Å². The third kappa shape index (κ3) is 6.41. The largest absolute Gasteiger partial charge is 0.493 e. The molecule has 1 fully saturated rings. The van der Waals surface area contributed by atoms with E-state index in [1.807, 2.05) is 13.8 Å². The summed E-state index contributed by atoms with van der Waals surface area (Å²) in [6.07, 6.45) is 1.64. The van der Waals surface area contributed by atoms with Gasteiger partial charge in [-0.2, -0.15) is 5.01 Å². The van der Waals surface area contributed by atoms with Crippen LogP contribution in [0.15, 0.2) is 51.8 Å². The second kappa shape index (κ2) is 12.2. The summed E-state index contributed by atoms with van der Waals surface area (Å²) < 4.78 is 12.0. The van der Waals surface area contributed by atoms with E-state index in [0.717, 1.165) is 16.8 Å². The second-order valence-electron chi connectivity index (χ2n) is 7.21. The van der Waals surface area contributed by atoms with Crippen molar-refractivity contribution in [3.8, 4) is 11.5 Å². The molecule has 2 aromatic rings. The lowest BCUT2D eigenvalue weighted by Crippen LogP contribution is -2.44. The number of carbonyl (C=O) groups excluding carboxylic acids is 3. The maximum absolute atomic E-state index is 12.9. The van der Waals surface area contributed by atoms with Gasteiger partial charge in [-0.05, 0) is 77.9 Å². The van der Waals surface area contributed by atoms with Crippen LogP contribution in [0.3, 0.4) is 0 Å². The average Bonchev–Trinajstić information content (AvgIpc) is 3.11. The molecule has 3 rings (SSSR count). The van der Waals surface area contributed by atoms with Gasteiger partial charge in [0.15, 0.2) is 22.4 Å². The number of carbonyl (C=O) groups is 3. The third-order valence-electron chi connectivity index (χ3n) is 5.05. The summed E-state index contributed by atoms with van der Waals surface area (Å²) >= 11 is 9.84. The molecule has 0 unspecified atom stereocenters. The Kier molecular flexibility index (Phi) is 9.30. The van der Waals surface area contributed by atoms with E-state index in [2.05, 4.69) is 21.4 Å². The Morgan fingerprint density at radius 2 is 1.89 bits per heavy atom. The predicted octanol–water partition coefficient (Wildman–Crippen LogP) is 4.25. The molecular formula is C24H24BrN3O5S2. The maximum Gasteiger partial charge on any atom is 0.285 e. The summed E-state index contributed by atoms with van der Waals surface area (Å²) in [6, 6.07) is 12.0. The van der Waals surface area contributed by atoms with Gasteiger partial charge in [-0.3, -0.25) is 19.8 Å². The van der Waals surface area contributed by atoms with E-state index in [1.54, 1.807) is 53.4 Å². The van der Waals surface area contributed by atoms with Crippen LogP contribution in [0, 0.1) is 0 Å². The molecule has 0 saturated carbocycles. The van der Waals surface area contributed by atoms with E-state index in [1.165, 1.54) is 7.11 Å². The Morgan fingerprint density at radius 1 is 1.20 bits per heavy atom. The molecule has 0 spiro atoms. The number of ether oxygens (including phenoxy) is 2. The Balaban J connectivity index is 1.77. The highest BCUT2D eigenvalue weighted by molar-refractivity contribution is 9.10. The van der Waals surface area contributed by atoms with Crippen molar-refractivity contribution in [3.63, 3.8) is 0 Å². The number of thiocarbonyl (C=S) groups is 1. The lowest BCUT2D eigenvalue weighted by Gasteiger charge is -2.20. The lowest BCUT2D eigenvalue weighted by molar-refractivity contribution is -0.133. The zero-order valence-corrected chi connectivity index (χ0v) is 22.6. The standard InChI is InChI=1S/C24H24BrN3O5S2/c1-4-27(5-2)20(29)14-33-21-17(25)11-15(12-18(21)32-3)13-19-23(31)28(24(34)35-19)26-22(30)16-9-7-6-8-10-16/h6-13H,4-5,14H2,1-3H3,(H,26,30)/b19-13+. The fourth-order valence-electron chi connectivity index (χ4n) is 3.24. The highest BCUT2D eigenvalue weighted by Gasteiger charge is 2.34. The summed E-state index contributed by atoms with van der Waals surface area (Å²) in [5.74, 6) is -0.231. The van der Waals surface area contributed by atoms with Crippen LogP contribution in [0.2, 0.25) is 0 Å². The van der Waals surface area contributed by atoms with Crippen molar-refractivity contribution in [1.29, 1.82) is 0 Å². The Morgan fingerprint density at radius 3 is 2.51 bits per heavy atom. The molecule has 8 nitrogen and oxygen atoms in total. The van der Waals surface area contributed by atoms with Gasteiger partial charge in [-0.15, -0.1) is 0 Å². The van der Waals surface area contributed by atoms with Gasteiger partial charge in [-0.25, -0.2) is 0 Å². The summed E-state index contributed by atoms with van der Waals surface area (Å²) in [4.78, 5) is 39.7. The van der Waals surface area contributed by atoms with E-state index >= 15 is 0 Å². The fourth-order valence-corrected chi connectivity index (χ4v) is 4.99. The molecule has 35 heavy (non-hydrogen) atoms. The number of nitrogens with one attached hydrogen (secondary N) is 1. The SMILES string of the molecule is CCN(CC)C(=O)COc1c(Br)cc(/C=C2/SC(=S)N(NC(=O)c3ccccc3)C2=O)cc1OC. The van der Waals surface area contributed by atoms with Crippen LogP contribution in [-0.4, -0.2) is 58.8 Å². The Bertz CT molecular complexity index is 1170. The van der Waals surface area contributed by atoms with Crippen molar-refractivity contribution < 1.29 is 23.9 Å². The van der Waals surface area contributed by atoms with Gasteiger partial charge in [-0.1, -0.05) is 30.0 Å². The molecule has 1 heterocycles. The van der Waals surface area contributed by atoms with Crippen LogP contribution in [0.1, 0.15) is 29.8 Å². The van der Waals surface area contributed by atoms with Crippen molar-refractivity contribution >= 4 is 68.0 Å². The number of halogens is 1. The molecule has 0 aliphatic carbocycles. The molecule has 1 aliphatic heterocycles. The van der Waals surface area contributed by atoms with E-state index in [0.29, 0.717) is 45.1 Å². The van der Waals surface area contributed by atoms with Gasteiger partial charge >= 0.3 is 0 Å². The van der Waals surface area contributed by atoms with Gasteiger partial charge in [0.05, 0.1) is 16.5 Å². The molecule has 1 saturated heterocycles. The van der Waals surface area contributed by atoms with Gasteiger partial charge in [0.2, 0.25) is 0 Å². The van der Waals surface area contributed by atoms with Crippen molar-refractivity contribution in [2.75, 3.05) is 26.8 Å². The maximum atomic E-state index is 12.9. The molecule has 1 aliphatic rings. The fraction of sp³-hybridized carbons (Fsp3) is 0.250. The van der Waals surface area contributed by atoms with Crippen molar-refractivity contribution in [2.45, 2.75) is 13.8 Å². The summed E-state index contributed by atoms with van der Waals surface area (Å²) in [5, 5.41) is 1.06. The van der Waals surface area contributed by atoms with E-state index in [-0.39, 0.29) is 16.8 Å². The van der Waals surface area contributed by atoms with Crippen molar-refractivity contribution in [1.82, 2.24) is 15.3 Å². The zero-order chi connectivity index (χ0) is 25.5. The first kappa shape index (κ1) is 26.7. The van der Waals surface area contributed by atoms with Crippen LogP contribution < -0.4 is 14.9 Å². The average molecular weight is 579 g/mol. The first-order valence-electron chi connectivity index (χ1n) is 10.7. The van der Waals surface area contributed by atoms with Crippen molar-refractivity contribution in [3.05, 3.63) is 63.0 Å².